The number of rotatable bonds is 3. The first-order valence-electron chi connectivity index (χ1n) is 6.04. The van der Waals surface area contributed by atoms with E-state index in [0.717, 1.165) is 5.56 Å². The van der Waals surface area contributed by atoms with Crippen molar-refractivity contribution in [3.8, 4) is 0 Å². The fourth-order valence-corrected chi connectivity index (χ4v) is 2.02. The molecule has 1 aliphatic rings. The van der Waals surface area contributed by atoms with Crippen molar-refractivity contribution < 1.29 is 4.79 Å². The molecule has 1 fully saturated rings. The Kier molecular flexibility index (Phi) is 4.32. The first-order chi connectivity index (χ1) is 8.97. The first kappa shape index (κ1) is 14.2. The second-order valence-corrected chi connectivity index (χ2v) is 5.64. The molecule has 0 radical (unpaired) electrons. The van der Waals surface area contributed by atoms with Crippen molar-refractivity contribution in [2.24, 2.45) is 10.9 Å². The highest BCUT2D eigenvalue weighted by Crippen LogP contribution is 2.26. The van der Waals surface area contributed by atoms with Crippen LogP contribution in [-0.4, -0.2) is 18.4 Å². The van der Waals surface area contributed by atoms with Gasteiger partial charge in [0.25, 0.3) is 5.91 Å². The van der Waals surface area contributed by atoms with Gasteiger partial charge in [-0.2, -0.15) is 0 Å². The molecule has 102 valence electrons. The maximum absolute atomic E-state index is 11.9. The molecule has 0 aliphatic carbocycles. The molecule has 2 N–H and O–H groups in total. The van der Waals surface area contributed by atoms with Crippen molar-refractivity contribution in [3.05, 3.63) is 33.8 Å². The summed E-state index contributed by atoms with van der Waals surface area (Å²) in [6, 6.07) is 4.67. The third kappa shape index (κ3) is 3.39. The van der Waals surface area contributed by atoms with E-state index < -0.39 is 6.04 Å². The SMILES string of the molecule is CC(C)CN=C1NC(=O)C(c2ccc(Cl)c(Cl)c2)N1. The van der Waals surface area contributed by atoms with E-state index in [4.69, 9.17) is 23.2 Å². The van der Waals surface area contributed by atoms with Gasteiger partial charge < -0.3 is 5.32 Å². The average molecular weight is 300 g/mol. The zero-order valence-electron chi connectivity index (χ0n) is 10.7. The van der Waals surface area contributed by atoms with E-state index in [1.54, 1.807) is 18.2 Å². The molecule has 19 heavy (non-hydrogen) atoms. The van der Waals surface area contributed by atoms with E-state index >= 15 is 0 Å². The Hall–Kier alpha value is -1.26. The van der Waals surface area contributed by atoms with Crippen molar-refractivity contribution in [1.82, 2.24) is 10.6 Å². The molecule has 1 aliphatic heterocycles. The van der Waals surface area contributed by atoms with Gasteiger partial charge in [0.2, 0.25) is 0 Å². The molecule has 1 atom stereocenters. The van der Waals surface area contributed by atoms with Gasteiger partial charge in [-0.1, -0.05) is 43.1 Å². The Labute approximate surface area is 122 Å². The van der Waals surface area contributed by atoms with Crippen molar-refractivity contribution >= 4 is 35.1 Å². The summed E-state index contributed by atoms with van der Waals surface area (Å²) in [5.41, 5.74) is 0.765. The number of hydrogen-bond donors (Lipinski definition) is 2. The van der Waals surface area contributed by atoms with Crippen LogP contribution >= 0.6 is 23.2 Å². The van der Waals surface area contributed by atoms with Crippen molar-refractivity contribution in [2.45, 2.75) is 19.9 Å². The van der Waals surface area contributed by atoms with Gasteiger partial charge >= 0.3 is 0 Å². The summed E-state index contributed by atoms with van der Waals surface area (Å²) in [5.74, 6) is 0.811. The largest absolute Gasteiger partial charge is 0.340 e. The molecule has 1 unspecified atom stereocenters. The van der Waals surface area contributed by atoms with Crippen LogP contribution in [0.3, 0.4) is 0 Å². The van der Waals surface area contributed by atoms with E-state index in [9.17, 15) is 4.79 Å². The van der Waals surface area contributed by atoms with Gasteiger partial charge in [-0.05, 0) is 23.6 Å². The molecule has 0 aromatic heterocycles. The summed E-state index contributed by atoms with van der Waals surface area (Å²) in [6.07, 6.45) is 0. The second-order valence-electron chi connectivity index (χ2n) is 4.82. The van der Waals surface area contributed by atoms with E-state index in [-0.39, 0.29) is 5.91 Å². The first-order valence-corrected chi connectivity index (χ1v) is 6.79. The number of nitrogens with one attached hydrogen (secondary N) is 2. The lowest BCUT2D eigenvalue weighted by Crippen LogP contribution is -2.26. The quantitative estimate of drug-likeness (QED) is 0.902. The van der Waals surface area contributed by atoms with Crippen LogP contribution in [0.1, 0.15) is 25.5 Å². The van der Waals surface area contributed by atoms with Crippen LogP contribution in [-0.2, 0) is 4.79 Å². The molecule has 0 spiro atoms. The minimum atomic E-state index is -0.472. The lowest BCUT2D eigenvalue weighted by molar-refractivity contribution is -0.120. The maximum Gasteiger partial charge on any atom is 0.253 e. The van der Waals surface area contributed by atoms with Gasteiger partial charge in [0.1, 0.15) is 6.04 Å². The molecule has 0 saturated carbocycles. The smallest absolute Gasteiger partial charge is 0.253 e. The van der Waals surface area contributed by atoms with Gasteiger partial charge in [0, 0.05) is 6.54 Å². The molecule has 0 bridgehead atoms. The Morgan fingerprint density at radius 1 is 1.32 bits per heavy atom. The fourth-order valence-electron chi connectivity index (χ4n) is 1.71. The molecule has 1 aromatic carbocycles. The number of guanidine groups is 1. The molecule has 1 heterocycles. The van der Waals surface area contributed by atoms with Crippen LogP contribution in [0.5, 0.6) is 0 Å². The van der Waals surface area contributed by atoms with Crippen LogP contribution in [0.4, 0.5) is 0 Å². The van der Waals surface area contributed by atoms with Crippen molar-refractivity contribution in [2.75, 3.05) is 6.54 Å². The number of aliphatic imine (C=N–C) groups is 1. The van der Waals surface area contributed by atoms with E-state index in [2.05, 4.69) is 29.5 Å². The van der Waals surface area contributed by atoms with Crippen LogP contribution in [0, 0.1) is 5.92 Å². The van der Waals surface area contributed by atoms with Gasteiger partial charge in [0.05, 0.1) is 10.0 Å². The standard InChI is InChI=1S/C13H15Cl2N3O/c1-7(2)6-16-13-17-11(12(19)18-13)8-3-4-9(14)10(15)5-8/h3-5,7,11H,6H2,1-2H3,(H2,16,17,18,19). The number of halogens is 2. The normalized spacial score (nSPS) is 20.8. The Balaban J connectivity index is 2.15. The summed E-state index contributed by atoms with van der Waals surface area (Å²) in [6.45, 7) is 4.80. The van der Waals surface area contributed by atoms with E-state index in [0.29, 0.717) is 28.5 Å². The number of amides is 1. The number of carbonyl (C=O) groups excluding carboxylic acids is 1. The highest BCUT2D eigenvalue weighted by atomic mass is 35.5. The minimum Gasteiger partial charge on any atom is -0.340 e. The van der Waals surface area contributed by atoms with Gasteiger partial charge in [-0.15, -0.1) is 0 Å². The predicted octanol–water partition coefficient (Wildman–Crippen LogP) is 2.77. The zero-order valence-corrected chi connectivity index (χ0v) is 12.2. The topological polar surface area (TPSA) is 53.5 Å². The monoisotopic (exact) mass is 299 g/mol. The summed E-state index contributed by atoms with van der Waals surface area (Å²) in [7, 11) is 0. The number of hydrogen-bond acceptors (Lipinski definition) is 2. The molecular weight excluding hydrogens is 285 g/mol. The fraction of sp³-hybridized carbons (Fsp3) is 0.385. The predicted molar refractivity (Wildman–Crippen MR) is 77.6 cm³/mol. The Morgan fingerprint density at radius 3 is 2.68 bits per heavy atom. The highest BCUT2D eigenvalue weighted by molar-refractivity contribution is 6.42. The molecular formula is C13H15Cl2N3O. The second kappa shape index (κ2) is 5.80. The molecule has 1 aromatic rings. The average Bonchev–Trinajstić information content (AvgIpc) is 2.72. The lowest BCUT2D eigenvalue weighted by atomic mass is 10.1. The Morgan fingerprint density at radius 2 is 2.05 bits per heavy atom. The van der Waals surface area contributed by atoms with Crippen LogP contribution < -0.4 is 10.6 Å². The summed E-state index contributed by atoms with van der Waals surface area (Å²) < 4.78 is 0. The third-order valence-electron chi connectivity index (χ3n) is 2.68. The summed E-state index contributed by atoms with van der Waals surface area (Å²) in [4.78, 5) is 16.2. The minimum absolute atomic E-state index is 0.138. The van der Waals surface area contributed by atoms with Gasteiger partial charge in [-0.25, -0.2) is 0 Å². The van der Waals surface area contributed by atoms with Crippen LogP contribution in [0.25, 0.3) is 0 Å². The van der Waals surface area contributed by atoms with Crippen LogP contribution in [0.2, 0.25) is 10.0 Å². The van der Waals surface area contributed by atoms with E-state index in [1.165, 1.54) is 0 Å². The number of carbonyl (C=O) groups is 1. The molecule has 1 amide bonds. The Bertz CT molecular complexity index is 529. The molecule has 4 nitrogen and oxygen atoms in total. The lowest BCUT2D eigenvalue weighted by Gasteiger charge is -2.09. The highest BCUT2D eigenvalue weighted by Gasteiger charge is 2.29. The molecule has 2 rings (SSSR count). The number of benzene rings is 1. The van der Waals surface area contributed by atoms with Crippen molar-refractivity contribution in [1.29, 1.82) is 0 Å². The summed E-state index contributed by atoms with van der Waals surface area (Å²) in [5, 5.41) is 6.66. The molecule has 6 heteroatoms. The zero-order chi connectivity index (χ0) is 14.0. The molecule has 1 saturated heterocycles. The summed E-state index contributed by atoms with van der Waals surface area (Å²) >= 11 is 11.8. The van der Waals surface area contributed by atoms with Crippen molar-refractivity contribution in [3.63, 3.8) is 0 Å². The van der Waals surface area contributed by atoms with E-state index in [1.807, 2.05) is 0 Å². The maximum atomic E-state index is 11.9. The number of nitrogens with zero attached hydrogens (tertiary/aromatic N) is 1. The third-order valence-corrected chi connectivity index (χ3v) is 3.42. The van der Waals surface area contributed by atoms with Gasteiger partial charge in [-0.3, -0.25) is 15.1 Å². The van der Waals surface area contributed by atoms with Crippen LogP contribution in [0.15, 0.2) is 23.2 Å². The van der Waals surface area contributed by atoms with Gasteiger partial charge in [0.15, 0.2) is 5.96 Å².